The van der Waals surface area contributed by atoms with Crippen LogP contribution < -0.4 is 15.4 Å². The summed E-state index contributed by atoms with van der Waals surface area (Å²) in [7, 11) is 1.81. The molecule has 1 aliphatic rings. The van der Waals surface area contributed by atoms with Gasteiger partial charge < -0.3 is 20.3 Å². The molecule has 1 atom stereocenters. The molecule has 1 unspecified atom stereocenters. The van der Waals surface area contributed by atoms with Gasteiger partial charge in [0.1, 0.15) is 12.4 Å². The van der Waals surface area contributed by atoms with Gasteiger partial charge >= 0.3 is 0 Å². The molecule has 1 heterocycles. The van der Waals surface area contributed by atoms with Crippen LogP contribution in [0.2, 0.25) is 0 Å². The molecule has 0 aliphatic carbocycles. The molecule has 1 saturated heterocycles. The molecule has 1 aromatic carbocycles. The zero-order valence-corrected chi connectivity index (χ0v) is 18.6. The number of unbranched alkanes of at least 4 members (excludes halogenated alkanes) is 1. The van der Waals surface area contributed by atoms with E-state index in [4.69, 9.17) is 4.74 Å². The second kappa shape index (κ2) is 14.1. The lowest BCUT2D eigenvalue weighted by Crippen LogP contribution is -2.40. The number of para-hydroxylation sites is 1. The number of benzene rings is 1. The van der Waals surface area contributed by atoms with E-state index in [2.05, 4.69) is 27.4 Å². The van der Waals surface area contributed by atoms with Gasteiger partial charge in [0.2, 0.25) is 0 Å². The minimum Gasteiger partial charge on any atom is -0.492 e. The van der Waals surface area contributed by atoms with Crippen LogP contribution in [0.1, 0.15) is 32.6 Å². The predicted molar refractivity (Wildman–Crippen MR) is 121 cm³/mol. The van der Waals surface area contributed by atoms with Crippen molar-refractivity contribution in [2.24, 2.45) is 10.9 Å². The molecule has 0 spiro atoms. The van der Waals surface area contributed by atoms with Gasteiger partial charge in [0.25, 0.3) is 0 Å². The number of nitrogens with one attached hydrogen (secondary N) is 2. The van der Waals surface area contributed by atoms with E-state index < -0.39 is 0 Å². The van der Waals surface area contributed by atoms with E-state index in [-0.39, 0.29) is 24.0 Å². The van der Waals surface area contributed by atoms with Crippen LogP contribution in [0.4, 0.5) is 0 Å². The van der Waals surface area contributed by atoms with Crippen LogP contribution >= 0.6 is 24.0 Å². The van der Waals surface area contributed by atoms with Crippen LogP contribution in [0.3, 0.4) is 0 Å². The van der Waals surface area contributed by atoms with E-state index in [1.807, 2.05) is 37.4 Å². The van der Waals surface area contributed by atoms with Crippen molar-refractivity contribution in [3.8, 4) is 5.75 Å². The molecule has 0 amide bonds. The van der Waals surface area contributed by atoms with Crippen LogP contribution in [0, 0.1) is 5.92 Å². The highest BCUT2D eigenvalue weighted by Crippen LogP contribution is 2.15. The quantitative estimate of drug-likeness (QED) is 0.250. The van der Waals surface area contributed by atoms with Crippen LogP contribution in [-0.4, -0.2) is 57.2 Å². The van der Waals surface area contributed by atoms with Crippen LogP contribution in [0.15, 0.2) is 35.3 Å². The van der Waals surface area contributed by atoms with Gasteiger partial charge in [-0.25, -0.2) is 0 Å². The summed E-state index contributed by atoms with van der Waals surface area (Å²) in [6, 6.07) is 9.89. The van der Waals surface area contributed by atoms with Crippen molar-refractivity contribution in [2.75, 3.05) is 46.4 Å². The Bertz CT molecular complexity index is 498. The number of hydrogen-bond acceptors (Lipinski definition) is 3. The minimum atomic E-state index is 0. The van der Waals surface area contributed by atoms with Gasteiger partial charge in [0.15, 0.2) is 5.96 Å². The Hall–Kier alpha value is -1.02. The summed E-state index contributed by atoms with van der Waals surface area (Å²) >= 11 is 0. The van der Waals surface area contributed by atoms with Gasteiger partial charge in [-0.1, -0.05) is 25.1 Å². The van der Waals surface area contributed by atoms with E-state index in [0.717, 1.165) is 30.7 Å². The highest BCUT2D eigenvalue weighted by Gasteiger charge is 2.15. The Morgan fingerprint density at radius 2 is 1.96 bits per heavy atom. The van der Waals surface area contributed by atoms with Gasteiger partial charge in [-0.05, 0) is 56.8 Å². The molecule has 26 heavy (non-hydrogen) atoms. The molecule has 2 N–H and O–H groups in total. The summed E-state index contributed by atoms with van der Waals surface area (Å²) in [5.41, 5.74) is 0. The lowest BCUT2D eigenvalue weighted by molar-refractivity contribution is 0.181. The van der Waals surface area contributed by atoms with Gasteiger partial charge in [-0.15, -0.1) is 24.0 Å². The normalized spacial score (nSPS) is 18.1. The molecule has 0 saturated carbocycles. The predicted octanol–water partition coefficient (Wildman–Crippen LogP) is 3.36. The molecule has 0 aromatic heterocycles. The molecule has 2 rings (SSSR count). The first-order chi connectivity index (χ1) is 12.3. The molecule has 6 heteroatoms. The minimum absolute atomic E-state index is 0. The van der Waals surface area contributed by atoms with Gasteiger partial charge in [0.05, 0.1) is 6.54 Å². The van der Waals surface area contributed by atoms with Crippen molar-refractivity contribution in [2.45, 2.75) is 32.6 Å². The van der Waals surface area contributed by atoms with E-state index in [9.17, 15) is 0 Å². The number of likely N-dealkylation sites (tertiary alicyclic amines) is 1. The van der Waals surface area contributed by atoms with Crippen molar-refractivity contribution < 1.29 is 4.74 Å². The first-order valence-corrected chi connectivity index (χ1v) is 9.62. The molecular formula is C20H35IN4O. The fraction of sp³-hybridized carbons (Fsp3) is 0.650. The molecular weight excluding hydrogens is 439 g/mol. The fourth-order valence-electron chi connectivity index (χ4n) is 3.23. The third-order valence-corrected chi connectivity index (χ3v) is 4.56. The lowest BCUT2D eigenvalue weighted by Gasteiger charge is -2.30. The van der Waals surface area contributed by atoms with Crippen LogP contribution in [-0.2, 0) is 0 Å². The number of aliphatic imine (C=N–C) groups is 1. The number of nitrogens with zero attached hydrogens (tertiary/aromatic N) is 2. The number of piperidine rings is 1. The maximum absolute atomic E-state index is 5.67. The average Bonchev–Trinajstić information content (AvgIpc) is 2.64. The van der Waals surface area contributed by atoms with Crippen molar-refractivity contribution >= 4 is 29.9 Å². The second-order valence-electron chi connectivity index (χ2n) is 6.84. The number of ether oxygens (including phenoxy) is 1. The van der Waals surface area contributed by atoms with Crippen molar-refractivity contribution in [3.05, 3.63) is 30.3 Å². The molecule has 148 valence electrons. The molecule has 5 nitrogen and oxygen atoms in total. The largest absolute Gasteiger partial charge is 0.492 e. The zero-order chi connectivity index (χ0) is 17.7. The Morgan fingerprint density at radius 1 is 1.19 bits per heavy atom. The Balaban J connectivity index is 0.00000338. The maximum atomic E-state index is 5.67. The summed E-state index contributed by atoms with van der Waals surface area (Å²) < 4.78 is 5.67. The monoisotopic (exact) mass is 474 g/mol. The van der Waals surface area contributed by atoms with E-state index in [1.54, 1.807) is 0 Å². The third kappa shape index (κ3) is 9.62. The third-order valence-electron chi connectivity index (χ3n) is 4.56. The summed E-state index contributed by atoms with van der Waals surface area (Å²) in [4.78, 5) is 6.87. The summed E-state index contributed by atoms with van der Waals surface area (Å²) in [6.45, 7) is 8.47. The lowest BCUT2D eigenvalue weighted by atomic mass is 10.0. The number of halogens is 1. The summed E-state index contributed by atoms with van der Waals surface area (Å²) in [5, 5.41) is 6.67. The Morgan fingerprint density at radius 3 is 2.69 bits per heavy atom. The molecule has 1 aliphatic heterocycles. The Kier molecular flexibility index (Phi) is 12.5. The number of guanidine groups is 1. The van der Waals surface area contributed by atoms with Crippen LogP contribution in [0.25, 0.3) is 0 Å². The first kappa shape index (κ1) is 23.0. The molecule has 0 bridgehead atoms. The number of rotatable bonds is 9. The van der Waals surface area contributed by atoms with E-state index in [1.165, 1.54) is 45.3 Å². The standard InChI is InChI=1S/C20H34N4O.HI/c1-18-9-8-15-24(17-18)14-7-6-12-22-20(21-2)23-13-16-25-19-10-4-3-5-11-19;/h3-5,10-11,18H,6-9,12-17H2,1-2H3,(H2,21,22,23);1H. The highest BCUT2D eigenvalue weighted by molar-refractivity contribution is 14.0. The van der Waals surface area contributed by atoms with Crippen molar-refractivity contribution in [1.29, 1.82) is 0 Å². The van der Waals surface area contributed by atoms with Gasteiger partial charge in [-0.3, -0.25) is 4.99 Å². The summed E-state index contributed by atoms with van der Waals surface area (Å²) in [5.74, 6) is 2.62. The van der Waals surface area contributed by atoms with Crippen molar-refractivity contribution in [1.82, 2.24) is 15.5 Å². The highest BCUT2D eigenvalue weighted by atomic mass is 127. The van der Waals surface area contributed by atoms with Gasteiger partial charge in [0, 0.05) is 20.1 Å². The molecule has 0 radical (unpaired) electrons. The maximum Gasteiger partial charge on any atom is 0.191 e. The number of hydrogen-bond donors (Lipinski definition) is 2. The molecule has 1 aromatic rings. The average molecular weight is 474 g/mol. The SMILES string of the molecule is CN=C(NCCCCN1CCCC(C)C1)NCCOc1ccccc1.I. The van der Waals surface area contributed by atoms with Crippen molar-refractivity contribution in [3.63, 3.8) is 0 Å². The van der Waals surface area contributed by atoms with Crippen LogP contribution in [0.5, 0.6) is 5.75 Å². The zero-order valence-electron chi connectivity index (χ0n) is 16.2. The smallest absolute Gasteiger partial charge is 0.191 e. The van der Waals surface area contributed by atoms with Gasteiger partial charge in [-0.2, -0.15) is 0 Å². The van der Waals surface area contributed by atoms with E-state index in [0.29, 0.717) is 6.61 Å². The van der Waals surface area contributed by atoms with E-state index >= 15 is 0 Å². The Labute approximate surface area is 176 Å². The first-order valence-electron chi connectivity index (χ1n) is 9.62. The second-order valence-corrected chi connectivity index (χ2v) is 6.84. The molecule has 1 fully saturated rings. The fourth-order valence-corrected chi connectivity index (χ4v) is 3.23. The topological polar surface area (TPSA) is 48.9 Å². The summed E-state index contributed by atoms with van der Waals surface area (Å²) in [6.07, 6.45) is 5.18.